The highest BCUT2D eigenvalue weighted by atomic mass is 35.5. The predicted octanol–water partition coefficient (Wildman–Crippen LogP) is 2.55. The first-order valence-electron chi connectivity index (χ1n) is 5.66. The Bertz CT molecular complexity index is 590. The lowest BCUT2D eigenvalue weighted by molar-refractivity contribution is 0.0685. The van der Waals surface area contributed by atoms with Gasteiger partial charge in [-0.1, -0.05) is 23.7 Å². The Morgan fingerprint density at radius 1 is 1.44 bits per heavy atom. The Kier molecular flexibility index (Phi) is 3.59. The molecule has 0 saturated carbocycles. The summed E-state index contributed by atoms with van der Waals surface area (Å²) in [5, 5.41) is 10.7. The van der Waals surface area contributed by atoms with Crippen molar-refractivity contribution in [3.05, 3.63) is 35.0 Å². The van der Waals surface area contributed by atoms with E-state index in [0.29, 0.717) is 11.6 Å². The third kappa shape index (κ3) is 2.35. The minimum absolute atomic E-state index is 0.278. The van der Waals surface area contributed by atoms with E-state index in [9.17, 15) is 9.90 Å². The zero-order chi connectivity index (χ0) is 13.3. The Morgan fingerprint density at radius 3 is 2.78 bits per heavy atom. The molecule has 0 aliphatic rings. The maximum atomic E-state index is 11.3. The van der Waals surface area contributed by atoms with E-state index in [1.807, 2.05) is 31.1 Å². The fraction of sp³-hybridized carbons (Fsp3) is 0.308. The van der Waals surface area contributed by atoms with Crippen LogP contribution in [0.5, 0.6) is 0 Å². The van der Waals surface area contributed by atoms with Crippen LogP contribution in [-0.2, 0) is 6.54 Å². The lowest BCUT2D eigenvalue weighted by Crippen LogP contribution is -2.20. The van der Waals surface area contributed by atoms with Crippen molar-refractivity contribution in [2.45, 2.75) is 6.54 Å². The van der Waals surface area contributed by atoms with E-state index >= 15 is 0 Å². The molecule has 0 aliphatic carbocycles. The summed E-state index contributed by atoms with van der Waals surface area (Å²) in [6.45, 7) is 1.36. The number of carboxylic acid groups (broad SMARTS) is 1. The number of rotatable bonds is 4. The van der Waals surface area contributed by atoms with E-state index in [4.69, 9.17) is 11.6 Å². The molecule has 18 heavy (non-hydrogen) atoms. The number of hydrogen-bond donors (Lipinski definition) is 1. The molecule has 2 rings (SSSR count). The maximum absolute atomic E-state index is 11.3. The van der Waals surface area contributed by atoms with Gasteiger partial charge in [0.05, 0.1) is 10.5 Å². The van der Waals surface area contributed by atoms with Crippen LogP contribution in [0.25, 0.3) is 10.9 Å². The number of benzene rings is 1. The summed E-state index contributed by atoms with van der Waals surface area (Å²) in [5.74, 6) is -0.930. The van der Waals surface area contributed by atoms with Gasteiger partial charge in [0.1, 0.15) is 5.69 Å². The standard InChI is InChI=1S/C13H15ClN2O2/c1-15(2)6-7-16-11(13(17)18)8-9-4-3-5-10(14)12(9)16/h3-5,8H,6-7H2,1-2H3,(H,17,18). The Balaban J connectivity index is 2.57. The van der Waals surface area contributed by atoms with Crippen LogP contribution in [0.2, 0.25) is 5.02 Å². The van der Waals surface area contributed by atoms with Crippen LogP contribution < -0.4 is 0 Å². The summed E-state index contributed by atoms with van der Waals surface area (Å²) in [6, 6.07) is 7.15. The zero-order valence-electron chi connectivity index (χ0n) is 10.4. The molecule has 2 aromatic rings. The van der Waals surface area contributed by atoms with Crippen LogP contribution in [0, 0.1) is 0 Å². The van der Waals surface area contributed by atoms with Gasteiger partial charge < -0.3 is 14.6 Å². The van der Waals surface area contributed by atoms with E-state index < -0.39 is 5.97 Å². The minimum atomic E-state index is -0.930. The number of para-hydroxylation sites is 1. The average Bonchev–Trinajstić information content (AvgIpc) is 2.66. The molecule has 0 atom stereocenters. The van der Waals surface area contributed by atoms with Gasteiger partial charge in [0, 0.05) is 18.5 Å². The molecule has 96 valence electrons. The number of carbonyl (C=O) groups is 1. The molecule has 0 bridgehead atoms. The minimum Gasteiger partial charge on any atom is -0.477 e. The van der Waals surface area contributed by atoms with Gasteiger partial charge in [-0.25, -0.2) is 4.79 Å². The number of likely N-dealkylation sites (N-methyl/N-ethyl adjacent to an activating group) is 1. The van der Waals surface area contributed by atoms with Crippen LogP contribution in [-0.4, -0.2) is 41.2 Å². The van der Waals surface area contributed by atoms with Crippen LogP contribution in [0.1, 0.15) is 10.5 Å². The van der Waals surface area contributed by atoms with Crippen LogP contribution in [0.3, 0.4) is 0 Å². The SMILES string of the molecule is CN(C)CCn1c(C(=O)O)cc2cccc(Cl)c21. The topological polar surface area (TPSA) is 45.5 Å². The molecule has 0 aliphatic heterocycles. The van der Waals surface area contributed by atoms with Crippen molar-refractivity contribution in [1.82, 2.24) is 9.47 Å². The summed E-state index contributed by atoms with van der Waals surface area (Å²) in [4.78, 5) is 13.3. The number of hydrogen-bond acceptors (Lipinski definition) is 2. The molecule has 0 spiro atoms. The monoisotopic (exact) mass is 266 g/mol. The lowest BCUT2D eigenvalue weighted by Gasteiger charge is -2.13. The predicted molar refractivity (Wildman–Crippen MR) is 72.5 cm³/mol. The number of carboxylic acids is 1. The molecule has 0 radical (unpaired) electrons. The van der Waals surface area contributed by atoms with Gasteiger partial charge >= 0.3 is 5.97 Å². The Hall–Kier alpha value is -1.52. The molecule has 1 aromatic carbocycles. The Morgan fingerprint density at radius 2 is 2.17 bits per heavy atom. The number of halogens is 1. The summed E-state index contributed by atoms with van der Waals surface area (Å²) in [6.07, 6.45) is 0. The molecule has 1 heterocycles. The maximum Gasteiger partial charge on any atom is 0.352 e. The van der Waals surface area contributed by atoms with Gasteiger partial charge in [-0.3, -0.25) is 0 Å². The number of aromatic nitrogens is 1. The van der Waals surface area contributed by atoms with E-state index in [-0.39, 0.29) is 5.69 Å². The quantitative estimate of drug-likeness (QED) is 0.925. The van der Waals surface area contributed by atoms with Gasteiger partial charge in [-0.2, -0.15) is 0 Å². The third-order valence-electron chi connectivity index (χ3n) is 2.86. The van der Waals surface area contributed by atoms with E-state index in [1.54, 1.807) is 16.7 Å². The number of fused-ring (bicyclic) bond motifs is 1. The molecule has 0 amide bonds. The van der Waals surface area contributed by atoms with Gasteiger partial charge in [-0.15, -0.1) is 0 Å². The summed E-state index contributed by atoms with van der Waals surface area (Å²) >= 11 is 6.17. The summed E-state index contributed by atoms with van der Waals surface area (Å²) < 4.78 is 1.76. The number of nitrogens with zero attached hydrogens (tertiary/aromatic N) is 2. The second-order valence-corrected chi connectivity index (χ2v) is 4.87. The Labute approximate surface area is 110 Å². The van der Waals surface area contributed by atoms with E-state index in [2.05, 4.69) is 0 Å². The zero-order valence-corrected chi connectivity index (χ0v) is 11.1. The molecule has 0 fully saturated rings. The molecular formula is C13H15ClN2O2. The molecule has 1 aromatic heterocycles. The van der Waals surface area contributed by atoms with Crippen molar-refractivity contribution < 1.29 is 9.90 Å². The third-order valence-corrected chi connectivity index (χ3v) is 3.17. The fourth-order valence-electron chi connectivity index (χ4n) is 1.99. The molecule has 4 nitrogen and oxygen atoms in total. The normalized spacial score (nSPS) is 11.3. The summed E-state index contributed by atoms with van der Waals surface area (Å²) in [5.41, 5.74) is 1.07. The molecule has 5 heteroatoms. The average molecular weight is 267 g/mol. The smallest absolute Gasteiger partial charge is 0.352 e. The highest BCUT2D eigenvalue weighted by Crippen LogP contribution is 2.27. The fourth-order valence-corrected chi connectivity index (χ4v) is 2.27. The van der Waals surface area contributed by atoms with Crippen molar-refractivity contribution in [2.24, 2.45) is 0 Å². The van der Waals surface area contributed by atoms with Crippen LogP contribution >= 0.6 is 11.6 Å². The molecule has 1 N–H and O–H groups in total. The van der Waals surface area contributed by atoms with Gasteiger partial charge in [0.15, 0.2) is 0 Å². The van der Waals surface area contributed by atoms with E-state index in [1.165, 1.54) is 0 Å². The van der Waals surface area contributed by atoms with Crippen molar-refractivity contribution in [3.8, 4) is 0 Å². The molecule has 0 saturated heterocycles. The van der Waals surface area contributed by atoms with E-state index in [0.717, 1.165) is 17.4 Å². The first kappa shape index (κ1) is 12.9. The van der Waals surface area contributed by atoms with Crippen LogP contribution in [0.4, 0.5) is 0 Å². The van der Waals surface area contributed by atoms with Crippen molar-refractivity contribution >= 4 is 28.5 Å². The van der Waals surface area contributed by atoms with Crippen molar-refractivity contribution in [3.63, 3.8) is 0 Å². The van der Waals surface area contributed by atoms with Gasteiger partial charge in [0.2, 0.25) is 0 Å². The number of aromatic carboxylic acids is 1. The highest BCUT2D eigenvalue weighted by molar-refractivity contribution is 6.35. The van der Waals surface area contributed by atoms with Crippen molar-refractivity contribution in [1.29, 1.82) is 0 Å². The molecule has 0 unspecified atom stereocenters. The largest absolute Gasteiger partial charge is 0.477 e. The first-order chi connectivity index (χ1) is 8.50. The summed E-state index contributed by atoms with van der Waals surface area (Å²) in [7, 11) is 3.90. The second-order valence-electron chi connectivity index (χ2n) is 4.47. The van der Waals surface area contributed by atoms with Gasteiger partial charge in [-0.05, 0) is 26.2 Å². The van der Waals surface area contributed by atoms with Crippen molar-refractivity contribution in [2.75, 3.05) is 20.6 Å². The lowest BCUT2D eigenvalue weighted by atomic mass is 10.2. The van der Waals surface area contributed by atoms with Gasteiger partial charge in [0.25, 0.3) is 0 Å². The highest BCUT2D eigenvalue weighted by Gasteiger charge is 2.16. The molecular weight excluding hydrogens is 252 g/mol. The first-order valence-corrected chi connectivity index (χ1v) is 6.04. The van der Waals surface area contributed by atoms with Crippen LogP contribution in [0.15, 0.2) is 24.3 Å². The second kappa shape index (κ2) is 5.00.